The lowest BCUT2D eigenvalue weighted by atomic mass is 10.3. The number of carbonyl (C=O) groups excluding carboxylic acids is 2. The van der Waals surface area contributed by atoms with Crippen LogP contribution in [0.3, 0.4) is 0 Å². The van der Waals surface area contributed by atoms with E-state index in [4.69, 9.17) is 4.74 Å². The van der Waals surface area contributed by atoms with Crippen LogP contribution in [0.2, 0.25) is 0 Å². The zero-order chi connectivity index (χ0) is 14.7. The minimum Gasteiger partial charge on any atom is -0.481 e. The van der Waals surface area contributed by atoms with E-state index in [1.165, 1.54) is 21.1 Å². The Labute approximate surface area is 119 Å². The van der Waals surface area contributed by atoms with Crippen molar-refractivity contribution in [1.29, 1.82) is 0 Å². The molecule has 0 amide bonds. The molecule has 0 aliphatic heterocycles. The number of carbonyl (C=O) groups is 2. The largest absolute Gasteiger partial charge is 0.481 e. The Morgan fingerprint density at radius 3 is 2.50 bits per heavy atom. The molecule has 0 spiro atoms. The fraction of sp³-hybridized carbons (Fsp3) is 0.231. The second kappa shape index (κ2) is 5.79. The van der Waals surface area contributed by atoms with Gasteiger partial charge in [0, 0.05) is 24.8 Å². The molecule has 2 rings (SSSR count). The molecule has 0 aromatic carbocycles. The molecule has 2 aromatic heterocycles. The minimum atomic E-state index is -0.626. The third-order valence-electron chi connectivity index (χ3n) is 2.52. The Morgan fingerprint density at radius 2 is 2.00 bits per heavy atom. The number of pyridine rings is 1. The van der Waals surface area contributed by atoms with Gasteiger partial charge in [-0.1, -0.05) is 0 Å². The van der Waals surface area contributed by atoms with Crippen molar-refractivity contribution in [2.45, 2.75) is 6.92 Å². The lowest BCUT2D eigenvalue weighted by Gasteiger charge is -1.98. The molecule has 0 aliphatic rings. The first-order valence-electron chi connectivity index (χ1n) is 5.67. The van der Waals surface area contributed by atoms with Crippen LogP contribution in [-0.2, 0) is 4.74 Å². The predicted molar refractivity (Wildman–Crippen MR) is 73.2 cm³/mol. The van der Waals surface area contributed by atoms with Crippen LogP contribution in [0.25, 0.3) is 10.6 Å². The molecule has 0 fully saturated rings. The van der Waals surface area contributed by atoms with Crippen molar-refractivity contribution in [3.05, 3.63) is 28.9 Å². The highest BCUT2D eigenvalue weighted by atomic mass is 32.1. The van der Waals surface area contributed by atoms with Gasteiger partial charge in [-0.05, 0) is 6.07 Å². The molecule has 20 heavy (non-hydrogen) atoms. The van der Waals surface area contributed by atoms with Crippen LogP contribution in [0.1, 0.15) is 27.1 Å². The Balaban J connectivity index is 2.46. The van der Waals surface area contributed by atoms with Crippen molar-refractivity contribution in [2.75, 3.05) is 14.2 Å². The van der Waals surface area contributed by atoms with Gasteiger partial charge >= 0.3 is 5.97 Å². The van der Waals surface area contributed by atoms with Gasteiger partial charge in [-0.2, -0.15) is 0 Å². The van der Waals surface area contributed by atoms with Gasteiger partial charge in [0.15, 0.2) is 11.5 Å². The first-order valence-corrected chi connectivity index (χ1v) is 6.49. The number of Topliss-reactive ketones (excluding diaryl/α,β-unsaturated/α-hetero) is 1. The average molecular weight is 292 g/mol. The van der Waals surface area contributed by atoms with Crippen LogP contribution >= 0.6 is 11.3 Å². The molecular formula is C13H12N2O4S. The molecule has 0 radical (unpaired) electrons. The highest BCUT2D eigenvalue weighted by Gasteiger charge is 2.22. The minimum absolute atomic E-state index is 0.0378. The summed E-state index contributed by atoms with van der Waals surface area (Å²) in [6.45, 7) is 1.38. The molecule has 6 nitrogen and oxygen atoms in total. The van der Waals surface area contributed by atoms with Gasteiger partial charge < -0.3 is 9.47 Å². The summed E-state index contributed by atoms with van der Waals surface area (Å²) in [5.74, 6) is -0.375. The fourth-order valence-electron chi connectivity index (χ4n) is 1.54. The van der Waals surface area contributed by atoms with Gasteiger partial charge in [0.2, 0.25) is 5.88 Å². The Bertz CT molecular complexity index is 649. The molecule has 2 heterocycles. The van der Waals surface area contributed by atoms with E-state index in [-0.39, 0.29) is 16.4 Å². The summed E-state index contributed by atoms with van der Waals surface area (Å²) < 4.78 is 9.60. The average Bonchev–Trinajstić information content (AvgIpc) is 2.92. The van der Waals surface area contributed by atoms with Gasteiger partial charge in [0.25, 0.3) is 0 Å². The maximum Gasteiger partial charge on any atom is 0.358 e. The Kier molecular flexibility index (Phi) is 4.09. The first kappa shape index (κ1) is 14.1. The lowest BCUT2D eigenvalue weighted by molar-refractivity contribution is 0.0591. The molecule has 0 atom stereocenters. The van der Waals surface area contributed by atoms with Crippen molar-refractivity contribution >= 4 is 23.1 Å². The number of esters is 1. The lowest BCUT2D eigenvalue weighted by Crippen LogP contribution is -2.06. The maximum atomic E-state index is 11.6. The normalized spacial score (nSPS) is 10.2. The Hall–Kier alpha value is -2.28. The fourth-order valence-corrected chi connectivity index (χ4v) is 2.48. The summed E-state index contributed by atoms with van der Waals surface area (Å²) in [4.78, 5) is 31.7. The van der Waals surface area contributed by atoms with Crippen molar-refractivity contribution in [3.63, 3.8) is 0 Å². The number of ketones is 1. The van der Waals surface area contributed by atoms with Gasteiger partial charge in [0.1, 0.15) is 9.88 Å². The number of hydrogen-bond donors (Lipinski definition) is 0. The van der Waals surface area contributed by atoms with E-state index in [1.807, 2.05) is 0 Å². The number of hydrogen-bond acceptors (Lipinski definition) is 7. The highest BCUT2D eigenvalue weighted by molar-refractivity contribution is 7.17. The number of ether oxygens (including phenoxy) is 2. The van der Waals surface area contributed by atoms with Crippen LogP contribution in [0.5, 0.6) is 5.88 Å². The van der Waals surface area contributed by atoms with E-state index >= 15 is 0 Å². The third-order valence-corrected chi connectivity index (χ3v) is 3.72. The zero-order valence-electron chi connectivity index (χ0n) is 11.2. The summed E-state index contributed by atoms with van der Waals surface area (Å²) in [5, 5.41) is 0.533. The molecule has 0 saturated heterocycles. The van der Waals surface area contributed by atoms with Gasteiger partial charge in [0.05, 0.1) is 14.2 Å². The summed E-state index contributed by atoms with van der Waals surface area (Å²) in [5.41, 5.74) is 0.740. The monoisotopic (exact) mass is 292 g/mol. The van der Waals surface area contributed by atoms with Gasteiger partial charge in [-0.3, -0.25) is 4.79 Å². The number of aromatic nitrogens is 2. The van der Waals surface area contributed by atoms with Crippen LogP contribution in [-0.4, -0.2) is 35.9 Å². The molecular weight excluding hydrogens is 280 g/mol. The summed E-state index contributed by atoms with van der Waals surface area (Å²) in [6.07, 6.45) is 1.57. The van der Waals surface area contributed by atoms with E-state index < -0.39 is 5.97 Å². The SMILES string of the molecule is COC(=O)c1nc(-c2ccc(OC)nc2)sc1C(C)=O. The molecule has 2 aromatic rings. The number of nitrogens with zero attached hydrogens (tertiary/aromatic N) is 2. The molecule has 0 aliphatic carbocycles. The van der Waals surface area contributed by atoms with Crippen molar-refractivity contribution in [2.24, 2.45) is 0 Å². The van der Waals surface area contributed by atoms with Crippen LogP contribution in [0.4, 0.5) is 0 Å². The van der Waals surface area contributed by atoms with Crippen molar-refractivity contribution < 1.29 is 19.1 Å². The van der Waals surface area contributed by atoms with Crippen LogP contribution < -0.4 is 4.74 Å². The molecule has 0 N–H and O–H groups in total. The van der Waals surface area contributed by atoms with Crippen molar-refractivity contribution in [3.8, 4) is 16.5 Å². The number of thiazole rings is 1. The van der Waals surface area contributed by atoms with Crippen LogP contribution in [0, 0.1) is 0 Å². The van der Waals surface area contributed by atoms with E-state index in [1.54, 1.807) is 18.3 Å². The summed E-state index contributed by atoms with van der Waals surface area (Å²) in [6, 6.07) is 3.44. The summed E-state index contributed by atoms with van der Waals surface area (Å²) >= 11 is 1.14. The third kappa shape index (κ3) is 2.67. The van der Waals surface area contributed by atoms with E-state index in [0.29, 0.717) is 16.5 Å². The van der Waals surface area contributed by atoms with E-state index in [9.17, 15) is 9.59 Å². The maximum absolute atomic E-state index is 11.6. The molecule has 0 saturated carbocycles. The first-order chi connectivity index (χ1) is 9.56. The molecule has 7 heteroatoms. The zero-order valence-corrected chi connectivity index (χ0v) is 12.0. The second-order valence-corrected chi connectivity index (χ2v) is 4.83. The van der Waals surface area contributed by atoms with Crippen molar-refractivity contribution in [1.82, 2.24) is 9.97 Å². The standard InChI is InChI=1S/C13H12N2O4S/c1-7(16)11-10(13(17)19-3)15-12(20-11)8-4-5-9(18-2)14-6-8/h4-6H,1-3H3. The topological polar surface area (TPSA) is 78.4 Å². The van der Waals surface area contributed by atoms with Gasteiger partial charge in [-0.25, -0.2) is 14.8 Å². The molecule has 104 valence electrons. The van der Waals surface area contributed by atoms with E-state index in [0.717, 1.165) is 11.3 Å². The smallest absolute Gasteiger partial charge is 0.358 e. The molecule has 0 bridgehead atoms. The van der Waals surface area contributed by atoms with Gasteiger partial charge in [-0.15, -0.1) is 11.3 Å². The Morgan fingerprint density at radius 1 is 1.25 bits per heavy atom. The predicted octanol–water partition coefficient (Wildman–Crippen LogP) is 2.20. The quantitative estimate of drug-likeness (QED) is 0.635. The van der Waals surface area contributed by atoms with Crippen LogP contribution in [0.15, 0.2) is 18.3 Å². The molecule has 0 unspecified atom stereocenters. The number of rotatable bonds is 4. The number of methoxy groups -OCH3 is 2. The van der Waals surface area contributed by atoms with E-state index in [2.05, 4.69) is 14.7 Å². The summed E-state index contributed by atoms with van der Waals surface area (Å²) in [7, 11) is 2.77. The highest BCUT2D eigenvalue weighted by Crippen LogP contribution is 2.29. The second-order valence-electron chi connectivity index (χ2n) is 3.83.